The van der Waals surface area contributed by atoms with Gasteiger partial charge in [-0.1, -0.05) is 181 Å². The van der Waals surface area contributed by atoms with Gasteiger partial charge in [-0.2, -0.15) is 0 Å². The van der Waals surface area contributed by atoms with E-state index in [1.165, 1.54) is 173 Å². The van der Waals surface area contributed by atoms with E-state index < -0.39 is 0 Å². The third-order valence-electron chi connectivity index (χ3n) is 8.15. The highest BCUT2D eigenvalue weighted by molar-refractivity contribution is 5.69. The van der Waals surface area contributed by atoms with Crippen LogP contribution in [-0.4, -0.2) is 12.6 Å². The van der Waals surface area contributed by atoms with E-state index in [2.05, 4.69) is 20.8 Å². The summed E-state index contributed by atoms with van der Waals surface area (Å²) in [5.74, 6) is 0.628. The minimum absolute atomic E-state index is 0.0477. The monoisotopic (exact) mass is 523 g/mol. The van der Waals surface area contributed by atoms with Crippen LogP contribution in [0, 0.1) is 5.92 Å². The molecule has 0 aliphatic carbocycles. The molecule has 0 N–H and O–H groups in total. The molecule has 0 radical (unpaired) electrons. The maximum atomic E-state index is 12.3. The van der Waals surface area contributed by atoms with E-state index in [9.17, 15) is 4.79 Å². The van der Waals surface area contributed by atoms with Crippen LogP contribution < -0.4 is 0 Å². The van der Waals surface area contributed by atoms with Gasteiger partial charge in [0.05, 0.1) is 6.61 Å². The van der Waals surface area contributed by atoms with Gasteiger partial charge in [0, 0.05) is 6.42 Å². The summed E-state index contributed by atoms with van der Waals surface area (Å²) >= 11 is 0. The normalized spacial score (nSPS) is 12.2. The van der Waals surface area contributed by atoms with E-state index >= 15 is 0 Å². The van der Waals surface area contributed by atoms with Crippen LogP contribution in [0.25, 0.3) is 0 Å². The fourth-order valence-corrected chi connectivity index (χ4v) is 5.48. The molecule has 2 nitrogen and oxygen atoms in total. The first kappa shape index (κ1) is 36.5. The number of esters is 1. The Bertz CT molecular complexity index is 433. The van der Waals surface area contributed by atoms with Gasteiger partial charge in [0.25, 0.3) is 0 Å². The van der Waals surface area contributed by atoms with Crippen LogP contribution in [0.1, 0.15) is 207 Å². The molecule has 0 aromatic carbocycles. The van der Waals surface area contributed by atoms with Gasteiger partial charge in [-0.25, -0.2) is 0 Å². The molecule has 1 unspecified atom stereocenters. The molecule has 0 aromatic heterocycles. The maximum Gasteiger partial charge on any atom is 0.305 e. The lowest BCUT2D eigenvalue weighted by molar-refractivity contribution is -0.145. The van der Waals surface area contributed by atoms with E-state index in [0.29, 0.717) is 18.9 Å². The van der Waals surface area contributed by atoms with E-state index in [1.807, 2.05) is 0 Å². The van der Waals surface area contributed by atoms with E-state index in [0.717, 1.165) is 6.42 Å². The standard InChI is InChI=1S/C35H70O2/c1-4-7-10-12-14-16-17-18-19-20-22-24-26-29-32-35(36)37-33-34(30-27-9-6-3)31-28-25-23-21-15-13-11-8-5-2/h34H,4-33H2,1-3H3. The predicted octanol–water partition coefficient (Wildman–Crippen LogP) is 12.5. The summed E-state index contributed by atoms with van der Waals surface area (Å²) in [5.41, 5.74) is 0. The summed E-state index contributed by atoms with van der Waals surface area (Å²) in [4.78, 5) is 12.3. The number of carbonyl (C=O) groups excluding carboxylic acids is 1. The molecule has 1 atom stereocenters. The number of carbonyl (C=O) groups is 1. The molecule has 0 fully saturated rings. The quantitative estimate of drug-likeness (QED) is 0.0668. The van der Waals surface area contributed by atoms with Gasteiger partial charge < -0.3 is 4.74 Å². The lowest BCUT2D eigenvalue weighted by atomic mass is 9.95. The molecule has 0 saturated carbocycles. The Balaban J connectivity index is 3.67. The van der Waals surface area contributed by atoms with Crippen LogP contribution in [0.15, 0.2) is 0 Å². The summed E-state index contributed by atoms with van der Waals surface area (Å²) in [5, 5.41) is 0. The molecular weight excluding hydrogens is 452 g/mol. The third-order valence-corrected chi connectivity index (χ3v) is 8.15. The largest absolute Gasteiger partial charge is 0.465 e. The molecule has 0 saturated heterocycles. The van der Waals surface area contributed by atoms with Gasteiger partial charge in [0.15, 0.2) is 0 Å². The minimum Gasteiger partial charge on any atom is -0.465 e. The topological polar surface area (TPSA) is 26.3 Å². The van der Waals surface area contributed by atoms with Crippen molar-refractivity contribution in [2.45, 2.75) is 207 Å². The zero-order valence-electron chi connectivity index (χ0n) is 26.1. The van der Waals surface area contributed by atoms with Crippen molar-refractivity contribution in [1.29, 1.82) is 0 Å². The number of hydrogen-bond acceptors (Lipinski definition) is 2. The molecule has 0 aliphatic heterocycles. The summed E-state index contributed by atoms with van der Waals surface area (Å²) in [6.45, 7) is 7.51. The Morgan fingerprint density at radius 3 is 1.14 bits per heavy atom. The highest BCUT2D eigenvalue weighted by Crippen LogP contribution is 2.20. The van der Waals surface area contributed by atoms with Crippen LogP contribution in [0.5, 0.6) is 0 Å². The first-order valence-electron chi connectivity index (χ1n) is 17.4. The Morgan fingerprint density at radius 2 is 0.730 bits per heavy atom. The summed E-state index contributed by atoms with van der Waals surface area (Å²) in [6.07, 6.45) is 38.3. The third kappa shape index (κ3) is 29.9. The van der Waals surface area contributed by atoms with Crippen molar-refractivity contribution in [2.75, 3.05) is 6.61 Å². The fourth-order valence-electron chi connectivity index (χ4n) is 5.48. The molecule has 0 rings (SSSR count). The lowest BCUT2D eigenvalue weighted by Crippen LogP contribution is -2.14. The first-order chi connectivity index (χ1) is 18.2. The van der Waals surface area contributed by atoms with Gasteiger partial charge in [-0.3, -0.25) is 4.79 Å². The molecule has 0 spiro atoms. The highest BCUT2D eigenvalue weighted by atomic mass is 16.5. The second-order valence-electron chi connectivity index (χ2n) is 12.0. The van der Waals surface area contributed by atoms with Crippen molar-refractivity contribution < 1.29 is 9.53 Å². The summed E-state index contributed by atoms with van der Waals surface area (Å²) in [7, 11) is 0. The first-order valence-corrected chi connectivity index (χ1v) is 17.4. The Kier molecular flexibility index (Phi) is 31.2. The average molecular weight is 523 g/mol. The van der Waals surface area contributed by atoms with E-state index in [-0.39, 0.29) is 5.97 Å². The molecule has 0 bridgehead atoms. The van der Waals surface area contributed by atoms with Crippen molar-refractivity contribution in [3.8, 4) is 0 Å². The van der Waals surface area contributed by atoms with E-state index in [1.54, 1.807) is 0 Å². The van der Waals surface area contributed by atoms with Crippen LogP contribution in [-0.2, 0) is 9.53 Å². The highest BCUT2D eigenvalue weighted by Gasteiger charge is 2.12. The zero-order chi connectivity index (χ0) is 27.1. The zero-order valence-corrected chi connectivity index (χ0v) is 26.1. The molecule has 0 aromatic rings. The Hall–Kier alpha value is -0.530. The van der Waals surface area contributed by atoms with Crippen molar-refractivity contribution in [2.24, 2.45) is 5.92 Å². The van der Waals surface area contributed by atoms with E-state index in [4.69, 9.17) is 4.74 Å². The van der Waals surface area contributed by atoms with Crippen LogP contribution in [0.3, 0.4) is 0 Å². The lowest BCUT2D eigenvalue weighted by Gasteiger charge is -2.17. The fraction of sp³-hybridized carbons (Fsp3) is 0.971. The smallest absolute Gasteiger partial charge is 0.305 e. The summed E-state index contributed by atoms with van der Waals surface area (Å²) < 4.78 is 5.74. The van der Waals surface area contributed by atoms with Crippen molar-refractivity contribution in [3.63, 3.8) is 0 Å². The SMILES string of the molecule is CCCCCCCCCCCCCCCCC(=O)OCC(CCCCC)CCCCCCCCCCC. The molecule has 0 aliphatic rings. The van der Waals surface area contributed by atoms with Crippen molar-refractivity contribution in [1.82, 2.24) is 0 Å². The number of unbranched alkanes of at least 4 members (excludes halogenated alkanes) is 23. The van der Waals surface area contributed by atoms with Crippen LogP contribution in [0.2, 0.25) is 0 Å². The molecule has 37 heavy (non-hydrogen) atoms. The van der Waals surface area contributed by atoms with Crippen LogP contribution >= 0.6 is 0 Å². The number of rotatable bonds is 31. The molecule has 0 heterocycles. The molecule has 2 heteroatoms. The maximum absolute atomic E-state index is 12.3. The van der Waals surface area contributed by atoms with Crippen LogP contribution in [0.4, 0.5) is 0 Å². The molecular formula is C35H70O2. The average Bonchev–Trinajstić information content (AvgIpc) is 2.90. The second kappa shape index (κ2) is 31.7. The molecule has 222 valence electrons. The Labute approximate surface area is 234 Å². The van der Waals surface area contributed by atoms with Gasteiger partial charge >= 0.3 is 5.97 Å². The number of hydrogen-bond donors (Lipinski definition) is 0. The summed E-state index contributed by atoms with van der Waals surface area (Å²) in [6, 6.07) is 0. The predicted molar refractivity (Wildman–Crippen MR) is 165 cm³/mol. The van der Waals surface area contributed by atoms with Crippen molar-refractivity contribution in [3.05, 3.63) is 0 Å². The van der Waals surface area contributed by atoms with Crippen molar-refractivity contribution >= 4 is 5.97 Å². The van der Waals surface area contributed by atoms with Gasteiger partial charge in [-0.05, 0) is 25.2 Å². The minimum atomic E-state index is 0.0477. The number of ether oxygens (including phenoxy) is 1. The molecule has 0 amide bonds. The van der Waals surface area contributed by atoms with Gasteiger partial charge in [-0.15, -0.1) is 0 Å². The Morgan fingerprint density at radius 1 is 0.432 bits per heavy atom. The van der Waals surface area contributed by atoms with Gasteiger partial charge in [0.2, 0.25) is 0 Å². The van der Waals surface area contributed by atoms with Gasteiger partial charge in [0.1, 0.15) is 0 Å². The second-order valence-corrected chi connectivity index (χ2v) is 12.0.